The first kappa shape index (κ1) is 14.5. The third kappa shape index (κ3) is 3.54. The smallest absolute Gasteiger partial charge is 0.335 e. The maximum Gasteiger partial charge on any atom is 0.335 e. The predicted molar refractivity (Wildman–Crippen MR) is 75.0 cm³/mol. The molecular formula is C16H12O5. The molecule has 2 N–H and O–H groups in total. The maximum absolute atomic E-state index is 11.0. The molecule has 0 aliphatic rings. The molecule has 0 radical (unpaired) electrons. The SMILES string of the molecule is O=Cc1ccc(Cc2cc(C(=O)O)cc(C(=O)O)c2)cc1. The van der Waals surface area contributed by atoms with Crippen LogP contribution >= 0.6 is 0 Å². The van der Waals surface area contributed by atoms with E-state index in [-0.39, 0.29) is 11.1 Å². The van der Waals surface area contributed by atoms with Crippen molar-refractivity contribution in [2.75, 3.05) is 0 Å². The summed E-state index contributed by atoms with van der Waals surface area (Å²) in [5.74, 6) is -2.34. The number of benzene rings is 2. The Balaban J connectivity index is 2.35. The molecule has 21 heavy (non-hydrogen) atoms. The Hall–Kier alpha value is -2.95. The number of hydrogen-bond acceptors (Lipinski definition) is 3. The minimum Gasteiger partial charge on any atom is -0.478 e. The fourth-order valence-electron chi connectivity index (χ4n) is 1.99. The van der Waals surface area contributed by atoms with Crippen molar-refractivity contribution in [2.24, 2.45) is 0 Å². The molecule has 0 bridgehead atoms. The normalized spacial score (nSPS) is 10.1. The van der Waals surface area contributed by atoms with Gasteiger partial charge in [0.1, 0.15) is 6.29 Å². The van der Waals surface area contributed by atoms with Crippen LogP contribution in [0.1, 0.15) is 42.2 Å². The summed E-state index contributed by atoms with van der Waals surface area (Å²) in [6, 6.07) is 10.8. The molecule has 0 fully saturated rings. The first-order valence-corrected chi connectivity index (χ1v) is 6.14. The predicted octanol–water partition coefficient (Wildman–Crippen LogP) is 2.49. The zero-order valence-electron chi connectivity index (χ0n) is 10.9. The summed E-state index contributed by atoms with van der Waals surface area (Å²) in [6.07, 6.45) is 1.12. The highest BCUT2D eigenvalue weighted by atomic mass is 16.4. The van der Waals surface area contributed by atoms with Gasteiger partial charge in [-0.3, -0.25) is 4.79 Å². The molecule has 0 saturated carbocycles. The summed E-state index contributed by atoms with van der Waals surface area (Å²) in [5, 5.41) is 18.0. The standard InChI is InChI=1S/C16H12O5/c17-9-11-3-1-10(2-4-11)5-12-6-13(15(18)19)8-14(7-12)16(20)21/h1-4,6-9H,5H2,(H,18,19)(H,20,21). The molecular weight excluding hydrogens is 272 g/mol. The van der Waals surface area contributed by atoms with E-state index in [1.807, 2.05) is 0 Å². The topological polar surface area (TPSA) is 91.7 Å². The summed E-state index contributed by atoms with van der Waals surface area (Å²) in [5.41, 5.74) is 1.87. The summed E-state index contributed by atoms with van der Waals surface area (Å²) in [6.45, 7) is 0. The summed E-state index contributed by atoms with van der Waals surface area (Å²) in [7, 11) is 0. The summed E-state index contributed by atoms with van der Waals surface area (Å²) < 4.78 is 0. The van der Waals surface area contributed by atoms with Gasteiger partial charge in [0.15, 0.2) is 0 Å². The van der Waals surface area contributed by atoms with Gasteiger partial charge in [0.05, 0.1) is 11.1 Å². The Morgan fingerprint density at radius 3 is 1.81 bits per heavy atom. The lowest BCUT2D eigenvalue weighted by atomic mass is 9.99. The zero-order chi connectivity index (χ0) is 15.4. The van der Waals surface area contributed by atoms with Crippen molar-refractivity contribution in [3.05, 3.63) is 70.3 Å². The number of carbonyl (C=O) groups excluding carboxylic acids is 1. The number of aromatic carboxylic acids is 2. The average Bonchev–Trinajstić information content (AvgIpc) is 2.47. The van der Waals surface area contributed by atoms with E-state index in [1.54, 1.807) is 24.3 Å². The molecule has 0 amide bonds. The Morgan fingerprint density at radius 2 is 1.38 bits per heavy atom. The van der Waals surface area contributed by atoms with Crippen molar-refractivity contribution in [1.82, 2.24) is 0 Å². The molecule has 0 spiro atoms. The van der Waals surface area contributed by atoms with E-state index in [9.17, 15) is 14.4 Å². The Bertz CT molecular complexity index is 669. The van der Waals surface area contributed by atoms with Gasteiger partial charge in [-0.1, -0.05) is 24.3 Å². The second-order valence-corrected chi connectivity index (χ2v) is 4.57. The molecule has 0 aromatic heterocycles. The van der Waals surface area contributed by atoms with Crippen LogP contribution < -0.4 is 0 Å². The van der Waals surface area contributed by atoms with Crippen molar-refractivity contribution in [1.29, 1.82) is 0 Å². The van der Waals surface area contributed by atoms with Crippen LogP contribution in [0.3, 0.4) is 0 Å². The maximum atomic E-state index is 11.0. The van der Waals surface area contributed by atoms with Gasteiger partial charge in [-0.2, -0.15) is 0 Å². The van der Waals surface area contributed by atoms with Gasteiger partial charge in [0, 0.05) is 5.56 Å². The third-order valence-corrected chi connectivity index (χ3v) is 3.01. The molecule has 0 saturated heterocycles. The molecule has 2 aromatic rings. The lowest BCUT2D eigenvalue weighted by Gasteiger charge is -2.06. The number of carboxylic acid groups (broad SMARTS) is 2. The Labute approximate surface area is 120 Å². The number of carboxylic acids is 2. The third-order valence-electron chi connectivity index (χ3n) is 3.01. The molecule has 0 aliphatic heterocycles. The molecule has 5 heteroatoms. The first-order chi connectivity index (χ1) is 9.99. The molecule has 0 unspecified atom stereocenters. The van der Waals surface area contributed by atoms with Crippen LogP contribution in [0.5, 0.6) is 0 Å². The zero-order valence-corrected chi connectivity index (χ0v) is 10.9. The van der Waals surface area contributed by atoms with E-state index in [2.05, 4.69) is 0 Å². The van der Waals surface area contributed by atoms with Gasteiger partial charge in [-0.25, -0.2) is 9.59 Å². The average molecular weight is 284 g/mol. The van der Waals surface area contributed by atoms with Crippen LogP contribution in [0.25, 0.3) is 0 Å². The number of hydrogen-bond donors (Lipinski definition) is 2. The van der Waals surface area contributed by atoms with Crippen LogP contribution in [0, 0.1) is 0 Å². The lowest BCUT2D eigenvalue weighted by Crippen LogP contribution is -2.04. The van der Waals surface area contributed by atoms with E-state index >= 15 is 0 Å². The van der Waals surface area contributed by atoms with E-state index < -0.39 is 11.9 Å². The summed E-state index contributed by atoms with van der Waals surface area (Å²) in [4.78, 5) is 32.6. The molecule has 106 valence electrons. The van der Waals surface area contributed by atoms with Gasteiger partial charge in [0.2, 0.25) is 0 Å². The minimum atomic E-state index is -1.17. The summed E-state index contributed by atoms with van der Waals surface area (Å²) >= 11 is 0. The fraction of sp³-hybridized carbons (Fsp3) is 0.0625. The number of rotatable bonds is 5. The fourth-order valence-corrected chi connectivity index (χ4v) is 1.99. The quantitative estimate of drug-likeness (QED) is 0.823. The molecule has 0 atom stereocenters. The second kappa shape index (κ2) is 6.00. The van der Waals surface area contributed by atoms with Crippen molar-refractivity contribution >= 4 is 18.2 Å². The highest BCUT2D eigenvalue weighted by Gasteiger charge is 2.11. The minimum absolute atomic E-state index is 0.0607. The van der Waals surface area contributed by atoms with E-state index in [0.29, 0.717) is 17.5 Å². The van der Waals surface area contributed by atoms with Gasteiger partial charge < -0.3 is 10.2 Å². The van der Waals surface area contributed by atoms with Gasteiger partial charge >= 0.3 is 11.9 Å². The lowest BCUT2D eigenvalue weighted by molar-refractivity contribution is 0.0696. The van der Waals surface area contributed by atoms with Crippen molar-refractivity contribution in [3.8, 4) is 0 Å². The van der Waals surface area contributed by atoms with Crippen molar-refractivity contribution in [3.63, 3.8) is 0 Å². The molecule has 2 rings (SSSR count). The van der Waals surface area contributed by atoms with Crippen LogP contribution in [0.4, 0.5) is 0 Å². The van der Waals surface area contributed by atoms with E-state index in [4.69, 9.17) is 10.2 Å². The number of carbonyl (C=O) groups is 3. The molecule has 2 aromatic carbocycles. The van der Waals surface area contributed by atoms with Crippen LogP contribution in [-0.2, 0) is 6.42 Å². The Morgan fingerprint density at radius 1 is 0.857 bits per heavy atom. The van der Waals surface area contributed by atoms with Crippen LogP contribution in [0.15, 0.2) is 42.5 Å². The van der Waals surface area contributed by atoms with Gasteiger partial charge in [-0.15, -0.1) is 0 Å². The monoisotopic (exact) mass is 284 g/mol. The molecule has 0 aliphatic carbocycles. The first-order valence-electron chi connectivity index (χ1n) is 6.14. The van der Waals surface area contributed by atoms with Crippen LogP contribution in [0.2, 0.25) is 0 Å². The second-order valence-electron chi connectivity index (χ2n) is 4.57. The molecule has 0 heterocycles. The van der Waals surface area contributed by atoms with E-state index in [1.165, 1.54) is 12.1 Å². The van der Waals surface area contributed by atoms with Crippen LogP contribution in [-0.4, -0.2) is 28.4 Å². The number of aldehydes is 1. The Kier molecular flexibility index (Phi) is 4.13. The van der Waals surface area contributed by atoms with Gasteiger partial charge in [0.25, 0.3) is 0 Å². The molecule has 5 nitrogen and oxygen atoms in total. The van der Waals surface area contributed by atoms with E-state index in [0.717, 1.165) is 17.9 Å². The van der Waals surface area contributed by atoms with Gasteiger partial charge in [-0.05, 0) is 35.7 Å². The van der Waals surface area contributed by atoms with Crippen molar-refractivity contribution in [2.45, 2.75) is 6.42 Å². The van der Waals surface area contributed by atoms with Crippen molar-refractivity contribution < 1.29 is 24.6 Å². The largest absolute Gasteiger partial charge is 0.478 e. The highest BCUT2D eigenvalue weighted by Crippen LogP contribution is 2.15. The highest BCUT2D eigenvalue weighted by molar-refractivity contribution is 5.94.